The number of nitrogens with zero attached hydrogens (tertiary/aromatic N) is 1. The summed E-state index contributed by atoms with van der Waals surface area (Å²) in [4.78, 5) is 25.8. The van der Waals surface area contributed by atoms with Gasteiger partial charge in [0.15, 0.2) is 0 Å². The monoisotopic (exact) mass is 374 g/mol. The lowest BCUT2D eigenvalue weighted by molar-refractivity contribution is -0.130. The van der Waals surface area contributed by atoms with Crippen LogP contribution in [0.2, 0.25) is 0 Å². The van der Waals surface area contributed by atoms with E-state index in [0.717, 1.165) is 4.90 Å². The topological polar surface area (TPSA) is 92.8 Å². The van der Waals surface area contributed by atoms with E-state index in [1.54, 1.807) is 55.5 Å². The summed E-state index contributed by atoms with van der Waals surface area (Å²) < 4.78 is 29.2. The molecule has 0 aromatic heterocycles. The highest BCUT2D eigenvalue weighted by Crippen LogP contribution is 2.28. The molecular weight excluding hydrogens is 356 g/mol. The standard InChI is InChI=1S/C18H18N2O5S/c1-18(14-8-4-2-5-9-14)16(21)20(17(22)19-18)12-13-26(23,24)25-15-10-6-3-7-11-15/h2-11H,12-13H2,1H3,(H,19,22)/t18-/m0/s1. The maximum atomic E-state index is 12.7. The number of nitrogens with one attached hydrogen (secondary N) is 1. The first-order chi connectivity index (χ1) is 12.3. The summed E-state index contributed by atoms with van der Waals surface area (Å²) in [5.41, 5.74) is -0.591. The third kappa shape index (κ3) is 3.55. The predicted octanol–water partition coefficient (Wildman–Crippen LogP) is 1.86. The lowest BCUT2D eigenvalue weighted by Crippen LogP contribution is -2.41. The van der Waals surface area contributed by atoms with Crippen molar-refractivity contribution in [1.82, 2.24) is 10.2 Å². The van der Waals surface area contributed by atoms with E-state index in [9.17, 15) is 18.0 Å². The van der Waals surface area contributed by atoms with Gasteiger partial charge in [0.2, 0.25) is 0 Å². The van der Waals surface area contributed by atoms with Crippen LogP contribution in [0.25, 0.3) is 0 Å². The van der Waals surface area contributed by atoms with Gasteiger partial charge in [-0.2, -0.15) is 8.42 Å². The van der Waals surface area contributed by atoms with Crippen LogP contribution in [0.3, 0.4) is 0 Å². The lowest BCUT2D eigenvalue weighted by atomic mass is 9.92. The molecule has 3 amide bonds. The Morgan fingerprint density at radius 3 is 2.19 bits per heavy atom. The Morgan fingerprint density at radius 2 is 1.58 bits per heavy atom. The highest BCUT2D eigenvalue weighted by atomic mass is 32.2. The number of hydrogen-bond acceptors (Lipinski definition) is 5. The fourth-order valence-electron chi connectivity index (χ4n) is 2.73. The molecule has 1 heterocycles. The molecule has 2 aromatic carbocycles. The van der Waals surface area contributed by atoms with Crippen molar-refractivity contribution in [1.29, 1.82) is 0 Å². The minimum absolute atomic E-state index is 0.179. The number of hydrogen-bond donors (Lipinski definition) is 1. The highest BCUT2D eigenvalue weighted by molar-refractivity contribution is 7.87. The summed E-state index contributed by atoms with van der Waals surface area (Å²) in [6.45, 7) is 1.31. The van der Waals surface area contributed by atoms with Crippen molar-refractivity contribution in [3.05, 3.63) is 66.2 Å². The van der Waals surface area contributed by atoms with E-state index >= 15 is 0 Å². The largest absolute Gasteiger partial charge is 0.382 e. The minimum atomic E-state index is -3.94. The van der Waals surface area contributed by atoms with E-state index in [1.807, 2.05) is 0 Å². The Hall–Kier alpha value is -2.87. The van der Waals surface area contributed by atoms with E-state index in [1.165, 1.54) is 12.1 Å². The lowest BCUT2D eigenvalue weighted by Gasteiger charge is -2.22. The van der Waals surface area contributed by atoms with Gasteiger partial charge in [0.25, 0.3) is 5.91 Å². The third-order valence-electron chi connectivity index (χ3n) is 4.16. The van der Waals surface area contributed by atoms with Crippen LogP contribution >= 0.6 is 0 Å². The number of imide groups is 1. The van der Waals surface area contributed by atoms with Crippen LogP contribution in [0.1, 0.15) is 12.5 Å². The average molecular weight is 374 g/mol. The van der Waals surface area contributed by atoms with Crippen molar-refractivity contribution in [2.75, 3.05) is 12.3 Å². The minimum Gasteiger partial charge on any atom is -0.382 e. The molecular formula is C18H18N2O5S. The molecule has 0 unspecified atom stereocenters. The average Bonchev–Trinajstić information content (AvgIpc) is 2.84. The van der Waals surface area contributed by atoms with E-state index in [0.29, 0.717) is 5.56 Å². The van der Waals surface area contributed by atoms with Crippen LogP contribution < -0.4 is 9.50 Å². The number of para-hydroxylation sites is 1. The summed E-state index contributed by atoms with van der Waals surface area (Å²) in [6, 6.07) is 16.2. The number of amides is 3. The van der Waals surface area contributed by atoms with Gasteiger partial charge in [-0.05, 0) is 24.6 Å². The molecule has 0 aliphatic carbocycles. The quantitative estimate of drug-likeness (QED) is 0.615. The zero-order chi connectivity index (χ0) is 18.8. The Morgan fingerprint density at radius 1 is 1.00 bits per heavy atom. The molecule has 0 radical (unpaired) electrons. The molecule has 1 atom stereocenters. The molecule has 1 aliphatic rings. The van der Waals surface area contributed by atoms with Crippen molar-refractivity contribution < 1.29 is 22.2 Å². The zero-order valence-electron chi connectivity index (χ0n) is 14.1. The van der Waals surface area contributed by atoms with Crippen molar-refractivity contribution >= 4 is 22.1 Å². The third-order valence-corrected chi connectivity index (χ3v) is 5.29. The van der Waals surface area contributed by atoms with Crippen LogP contribution in [0, 0.1) is 0 Å². The van der Waals surface area contributed by atoms with Crippen LogP contribution in [0.5, 0.6) is 5.75 Å². The summed E-state index contributed by atoms with van der Waals surface area (Å²) >= 11 is 0. The first kappa shape index (κ1) is 17.9. The molecule has 3 rings (SSSR count). The van der Waals surface area contributed by atoms with Gasteiger partial charge in [-0.1, -0.05) is 48.5 Å². The summed E-state index contributed by atoms with van der Waals surface area (Å²) in [7, 11) is -3.94. The van der Waals surface area contributed by atoms with Crippen molar-refractivity contribution in [3.8, 4) is 5.75 Å². The maximum Gasteiger partial charge on any atom is 0.325 e. The molecule has 2 aromatic rings. The van der Waals surface area contributed by atoms with Crippen LogP contribution in [0.4, 0.5) is 4.79 Å². The molecule has 0 bridgehead atoms. The summed E-state index contributed by atoms with van der Waals surface area (Å²) in [5.74, 6) is -0.811. The molecule has 7 nitrogen and oxygen atoms in total. The molecule has 136 valence electrons. The second kappa shape index (κ2) is 6.80. The van der Waals surface area contributed by atoms with Gasteiger partial charge in [0.1, 0.15) is 17.0 Å². The maximum absolute atomic E-state index is 12.7. The molecule has 1 fully saturated rings. The molecule has 0 spiro atoms. The fourth-order valence-corrected chi connectivity index (χ4v) is 3.63. The fraction of sp³-hybridized carbons (Fsp3) is 0.222. The van der Waals surface area contributed by atoms with Gasteiger partial charge in [-0.15, -0.1) is 0 Å². The second-order valence-corrected chi connectivity index (χ2v) is 7.73. The first-order valence-electron chi connectivity index (χ1n) is 7.99. The van der Waals surface area contributed by atoms with Crippen molar-refractivity contribution in [3.63, 3.8) is 0 Å². The van der Waals surface area contributed by atoms with Gasteiger partial charge >= 0.3 is 16.1 Å². The van der Waals surface area contributed by atoms with Gasteiger partial charge in [-0.25, -0.2) is 4.79 Å². The van der Waals surface area contributed by atoms with Gasteiger partial charge in [0.05, 0.1) is 0 Å². The number of urea groups is 1. The summed E-state index contributed by atoms with van der Waals surface area (Å²) in [6.07, 6.45) is 0. The highest BCUT2D eigenvalue weighted by Gasteiger charge is 2.49. The van der Waals surface area contributed by atoms with Gasteiger partial charge in [0, 0.05) is 6.54 Å². The van der Waals surface area contributed by atoms with Crippen LogP contribution in [-0.4, -0.2) is 37.6 Å². The Balaban J connectivity index is 1.70. The first-order valence-corrected chi connectivity index (χ1v) is 9.56. The number of benzene rings is 2. The molecule has 8 heteroatoms. The smallest absolute Gasteiger partial charge is 0.325 e. The molecule has 26 heavy (non-hydrogen) atoms. The molecule has 1 N–H and O–H groups in total. The Kier molecular flexibility index (Phi) is 4.69. The van der Waals surface area contributed by atoms with E-state index in [2.05, 4.69) is 5.32 Å². The molecule has 0 saturated carbocycles. The van der Waals surface area contributed by atoms with E-state index in [-0.39, 0.29) is 12.3 Å². The Bertz CT molecular complexity index is 915. The summed E-state index contributed by atoms with van der Waals surface area (Å²) in [5, 5.41) is 2.63. The van der Waals surface area contributed by atoms with Crippen molar-refractivity contribution in [2.45, 2.75) is 12.5 Å². The van der Waals surface area contributed by atoms with Crippen LogP contribution in [0.15, 0.2) is 60.7 Å². The van der Waals surface area contributed by atoms with Gasteiger partial charge in [-0.3, -0.25) is 9.69 Å². The van der Waals surface area contributed by atoms with E-state index in [4.69, 9.17) is 4.18 Å². The number of rotatable bonds is 6. The SMILES string of the molecule is C[C@@]1(c2ccccc2)NC(=O)N(CCS(=O)(=O)Oc2ccccc2)C1=O. The van der Waals surface area contributed by atoms with Gasteiger partial charge < -0.3 is 9.50 Å². The zero-order valence-corrected chi connectivity index (χ0v) is 14.9. The normalized spacial score (nSPS) is 20.1. The van der Waals surface area contributed by atoms with Crippen LogP contribution in [-0.2, 0) is 20.5 Å². The number of carbonyl (C=O) groups is 2. The molecule has 1 aliphatic heterocycles. The number of carbonyl (C=O) groups excluding carboxylic acids is 2. The Labute approximate surface area is 151 Å². The predicted molar refractivity (Wildman–Crippen MR) is 94.9 cm³/mol. The molecule has 1 saturated heterocycles. The van der Waals surface area contributed by atoms with Crippen molar-refractivity contribution in [2.24, 2.45) is 0 Å². The second-order valence-electron chi connectivity index (χ2n) is 6.04. The van der Waals surface area contributed by atoms with E-state index < -0.39 is 33.3 Å².